The number of carbonyl (C=O) groups excluding carboxylic acids is 1. The van der Waals surface area contributed by atoms with Crippen LogP contribution in [0, 0.1) is 11.7 Å². The number of nitrogens with zero attached hydrogens (tertiary/aromatic N) is 5. The van der Waals surface area contributed by atoms with E-state index in [2.05, 4.69) is 16.1 Å². The minimum Gasteiger partial charge on any atom is -0.339 e. The molecule has 0 atom stereocenters. The molecule has 1 aromatic carbocycles. The molecule has 0 radical (unpaired) electrons. The van der Waals surface area contributed by atoms with Crippen molar-refractivity contribution in [2.45, 2.75) is 57.9 Å². The molecule has 2 aromatic heterocycles. The predicted octanol–water partition coefficient (Wildman–Crippen LogP) is 4.89. The predicted molar refractivity (Wildman–Crippen MR) is 160 cm³/mol. The maximum atomic E-state index is 14.4. The van der Waals surface area contributed by atoms with Crippen molar-refractivity contribution in [3.05, 3.63) is 59.8 Å². The van der Waals surface area contributed by atoms with Gasteiger partial charge in [-0.25, -0.2) is 17.1 Å². The molecule has 3 aromatic rings. The van der Waals surface area contributed by atoms with Gasteiger partial charge in [0.05, 0.1) is 29.2 Å². The van der Waals surface area contributed by atoms with Crippen LogP contribution in [0.2, 0.25) is 0 Å². The van der Waals surface area contributed by atoms with E-state index >= 15 is 0 Å². The molecule has 8 nitrogen and oxygen atoms in total. The molecule has 2 aliphatic rings. The van der Waals surface area contributed by atoms with E-state index in [1.165, 1.54) is 24.0 Å². The lowest BCUT2D eigenvalue weighted by Gasteiger charge is -2.34. The van der Waals surface area contributed by atoms with Crippen LogP contribution in [0.25, 0.3) is 16.6 Å². The lowest BCUT2D eigenvalue weighted by Crippen LogP contribution is -2.39. The quantitative estimate of drug-likeness (QED) is 0.378. The molecular weight excluding hydrogens is 541 g/mol. The highest BCUT2D eigenvalue weighted by Gasteiger charge is 2.28. The van der Waals surface area contributed by atoms with E-state index in [4.69, 9.17) is 0 Å². The SMILES string of the molecule is CC(C)N(C)C(=O)c1cc(F)ccc1-n1cc(C2CCN(CCC3CCN(S(C)(=O)=O)CC3)CC2)c2ccncc21. The molecular formula is C31H42FN5O3S. The zero-order chi connectivity index (χ0) is 29.3. The second-order valence-corrected chi connectivity index (χ2v) is 14.0. The molecule has 1 amide bonds. The Labute approximate surface area is 243 Å². The number of carbonyl (C=O) groups is 1. The lowest BCUT2D eigenvalue weighted by atomic mass is 9.88. The van der Waals surface area contributed by atoms with Gasteiger partial charge in [0.1, 0.15) is 5.82 Å². The van der Waals surface area contributed by atoms with E-state index in [0.29, 0.717) is 36.2 Å². The smallest absolute Gasteiger partial charge is 0.256 e. The lowest BCUT2D eigenvalue weighted by molar-refractivity contribution is 0.0754. The highest BCUT2D eigenvalue weighted by molar-refractivity contribution is 7.88. The molecule has 0 aliphatic carbocycles. The van der Waals surface area contributed by atoms with Crippen molar-refractivity contribution in [3.8, 4) is 5.69 Å². The number of hydrogen-bond donors (Lipinski definition) is 0. The number of hydrogen-bond acceptors (Lipinski definition) is 5. The molecule has 0 bridgehead atoms. The van der Waals surface area contributed by atoms with Gasteiger partial charge in [-0.3, -0.25) is 9.78 Å². The molecule has 0 spiro atoms. The fraction of sp³-hybridized carbons (Fsp3) is 0.548. The number of aromatic nitrogens is 2. The monoisotopic (exact) mass is 583 g/mol. The fourth-order valence-electron chi connectivity index (χ4n) is 6.30. The molecule has 2 aliphatic heterocycles. The number of amides is 1. The fourth-order valence-corrected chi connectivity index (χ4v) is 7.18. The summed E-state index contributed by atoms with van der Waals surface area (Å²) in [7, 11) is -1.34. The molecule has 10 heteroatoms. The molecule has 0 unspecified atom stereocenters. The van der Waals surface area contributed by atoms with Crippen molar-refractivity contribution < 1.29 is 17.6 Å². The van der Waals surface area contributed by atoms with Gasteiger partial charge in [-0.15, -0.1) is 0 Å². The summed E-state index contributed by atoms with van der Waals surface area (Å²) in [5.41, 5.74) is 3.16. The van der Waals surface area contributed by atoms with Crippen LogP contribution in [0.3, 0.4) is 0 Å². The molecule has 0 saturated carbocycles. The average molecular weight is 584 g/mol. The Morgan fingerprint density at radius 3 is 2.46 bits per heavy atom. The Morgan fingerprint density at radius 1 is 1.10 bits per heavy atom. The Morgan fingerprint density at radius 2 is 1.80 bits per heavy atom. The molecule has 222 valence electrons. The van der Waals surface area contributed by atoms with Gasteiger partial charge in [0.15, 0.2) is 0 Å². The van der Waals surface area contributed by atoms with Gasteiger partial charge in [0, 0.05) is 44.0 Å². The number of sulfonamides is 1. The Bertz CT molecular complexity index is 1490. The minimum absolute atomic E-state index is 0.0114. The highest BCUT2D eigenvalue weighted by atomic mass is 32.2. The van der Waals surface area contributed by atoms with Crippen LogP contribution >= 0.6 is 0 Å². The van der Waals surface area contributed by atoms with Gasteiger partial charge in [-0.1, -0.05) is 0 Å². The topological polar surface area (TPSA) is 78.8 Å². The van der Waals surface area contributed by atoms with Crippen LogP contribution in [0.15, 0.2) is 42.9 Å². The van der Waals surface area contributed by atoms with Gasteiger partial charge in [0.25, 0.3) is 5.91 Å². The van der Waals surface area contributed by atoms with Crippen molar-refractivity contribution in [1.82, 2.24) is 23.7 Å². The molecule has 0 N–H and O–H groups in total. The first-order valence-electron chi connectivity index (χ1n) is 14.7. The molecule has 2 saturated heterocycles. The zero-order valence-electron chi connectivity index (χ0n) is 24.6. The molecule has 2 fully saturated rings. The maximum absolute atomic E-state index is 14.4. The van der Waals surface area contributed by atoms with E-state index in [1.807, 2.05) is 36.9 Å². The third-order valence-electron chi connectivity index (χ3n) is 9.11. The number of halogens is 1. The third kappa shape index (κ3) is 6.49. The first-order valence-corrected chi connectivity index (χ1v) is 16.6. The van der Waals surface area contributed by atoms with E-state index in [9.17, 15) is 17.6 Å². The van der Waals surface area contributed by atoms with Gasteiger partial charge >= 0.3 is 0 Å². The van der Waals surface area contributed by atoms with Crippen LogP contribution in [0.1, 0.15) is 67.8 Å². The van der Waals surface area contributed by atoms with Crippen LogP contribution in [0.5, 0.6) is 0 Å². The van der Waals surface area contributed by atoms with Crippen molar-refractivity contribution in [1.29, 1.82) is 0 Å². The van der Waals surface area contributed by atoms with Gasteiger partial charge in [-0.2, -0.15) is 0 Å². The number of likely N-dealkylation sites (tertiary alicyclic amines) is 1. The van der Waals surface area contributed by atoms with E-state index in [-0.39, 0.29) is 11.9 Å². The molecule has 41 heavy (non-hydrogen) atoms. The first kappa shape index (κ1) is 29.7. The minimum atomic E-state index is -3.08. The molecule has 5 rings (SSSR count). The maximum Gasteiger partial charge on any atom is 0.256 e. The highest BCUT2D eigenvalue weighted by Crippen LogP contribution is 2.36. The number of fused-ring (bicyclic) bond motifs is 1. The van der Waals surface area contributed by atoms with Crippen molar-refractivity contribution in [3.63, 3.8) is 0 Å². The Kier molecular flexibility index (Phi) is 8.82. The van der Waals surface area contributed by atoms with Crippen molar-refractivity contribution >= 4 is 26.8 Å². The van der Waals surface area contributed by atoms with Crippen LogP contribution in [-0.4, -0.2) is 90.1 Å². The van der Waals surface area contributed by atoms with Crippen LogP contribution in [0.4, 0.5) is 4.39 Å². The van der Waals surface area contributed by atoms with Gasteiger partial charge in [-0.05, 0) is 107 Å². The van der Waals surface area contributed by atoms with E-state index in [0.717, 1.165) is 62.6 Å². The van der Waals surface area contributed by atoms with Crippen molar-refractivity contribution in [2.75, 3.05) is 46.0 Å². The van der Waals surface area contributed by atoms with E-state index in [1.54, 1.807) is 22.3 Å². The van der Waals surface area contributed by atoms with Gasteiger partial charge < -0.3 is 14.4 Å². The first-order chi connectivity index (χ1) is 19.5. The summed E-state index contributed by atoms with van der Waals surface area (Å²) < 4.78 is 41.6. The summed E-state index contributed by atoms with van der Waals surface area (Å²) in [5, 5.41) is 1.12. The average Bonchev–Trinajstić information content (AvgIpc) is 3.35. The summed E-state index contributed by atoms with van der Waals surface area (Å²) in [6.07, 6.45) is 12.1. The van der Waals surface area contributed by atoms with Crippen LogP contribution in [-0.2, 0) is 10.0 Å². The summed E-state index contributed by atoms with van der Waals surface area (Å²) in [5.74, 6) is 0.321. The van der Waals surface area contributed by atoms with Gasteiger partial charge in [0.2, 0.25) is 10.0 Å². The van der Waals surface area contributed by atoms with E-state index < -0.39 is 15.8 Å². The standard InChI is InChI=1S/C31H42FN5O3S/c1-22(2)34(3)31(38)27-19-25(32)5-6-29(27)37-21-28(26-7-13-33-20-30(26)37)24-11-15-35(16-12-24)14-8-23-9-17-36(18-10-23)41(4,39)40/h5-7,13,19-24H,8-12,14-18H2,1-4H3. The summed E-state index contributed by atoms with van der Waals surface area (Å²) in [6, 6.07) is 6.47. The normalized spacial score (nSPS) is 18.4. The largest absolute Gasteiger partial charge is 0.339 e. The number of rotatable bonds is 8. The van der Waals surface area contributed by atoms with Crippen molar-refractivity contribution in [2.24, 2.45) is 5.92 Å². The number of piperidine rings is 2. The summed E-state index contributed by atoms with van der Waals surface area (Å²) >= 11 is 0. The summed E-state index contributed by atoms with van der Waals surface area (Å²) in [6.45, 7) is 8.25. The Hall–Kier alpha value is -2.82. The zero-order valence-corrected chi connectivity index (χ0v) is 25.4. The second-order valence-electron chi connectivity index (χ2n) is 12.0. The summed E-state index contributed by atoms with van der Waals surface area (Å²) in [4.78, 5) is 21.9. The number of benzene rings is 1. The number of pyridine rings is 1. The van der Waals surface area contributed by atoms with Crippen LogP contribution < -0.4 is 0 Å². The second kappa shape index (κ2) is 12.2. The Balaban J connectivity index is 1.30. The molecule has 4 heterocycles. The third-order valence-corrected chi connectivity index (χ3v) is 10.4.